The molecule has 0 saturated heterocycles. The summed E-state index contributed by atoms with van der Waals surface area (Å²) in [5, 5.41) is 15.6. The molecule has 0 aliphatic rings. The molecule has 0 aliphatic carbocycles. The summed E-state index contributed by atoms with van der Waals surface area (Å²) in [7, 11) is 0. The van der Waals surface area contributed by atoms with Crippen molar-refractivity contribution in [3.8, 4) is 0 Å². The van der Waals surface area contributed by atoms with E-state index in [4.69, 9.17) is 15.9 Å². The molecule has 0 aromatic rings. The van der Waals surface area contributed by atoms with Crippen LogP contribution in [0.4, 0.5) is 0 Å². The van der Waals surface area contributed by atoms with E-state index in [9.17, 15) is 4.79 Å². The molecular weight excluding hydrogens is 338 g/mol. The van der Waals surface area contributed by atoms with E-state index in [0.717, 1.165) is 38.6 Å². The molecule has 0 unspecified atom stereocenters. The molecule has 4 nitrogen and oxygen atoms in total. The summed E-state index contributed by atoms with van der Waals surface area (Å²) in [5.74, 6) is -0.961. The summed E-state index contributed by atoms with van der Waals surface area (Å²) >= 11 is 0. The molecule has 0 amide bonds. The predicted molar refractivity (Wildman–Crippen MR) is 117 cm³/mol. The highest BCUT2D eigenvalue weighted by Crippen LogP contribution is 2.01. The Labute approximate surface area is 166 Å². The maximum atomic E-state index is 9.44. The van der Waals surface area contributed by atoms with Crippen molar-refractivity contribution in [3.05, 3.63) is 48.6 Å². The Kier molecular flexibility index (Phi) is 27.1. The van der Waals surface area contributed by atoms with Crippen LogP contribution in [-0.4, -0.2) is 29.3 Å². The van der Waals surface area contributed by atoms with Gasteiger partial charge < -0.3 is 15.9 Å². The SMILES string of the molecule is CCCCC/C=C\C/C=C\C/C=C\C/C=C\CCCCN.O=C(O)CCO. The van der Waals surface area contributed by atoms with Crippen LogP contribution in [0.15, 0.2) is 48.6 Å². The fourth-order valence-corrected chi connectivity index (χ4v) is 2.06. The van der Waals surface area contributed by atoms with Crippen LogP contribution in [0.25, 0.3) is 0 Å². The van der Waals surface area contributed by atoms with Gasteiger partial charge in [0.2, 0.25) is 0 Å². The van der Waals surface area contributed by atoms with Gasteiger partial charge in [-0.1, -0.05) is 68.4 Å². The van der Waals surface area contributed by atoms with Crippen LogP contribution in [0.1, 0.15) is 77.6 Å². The fourth-order valence-electron chi connectivity index (χ4n) is 2.06. The number of allylic oxidation sites excluding steroid dienone is 8. The van der Waals surface area contributed by atoms with Gasteiger partial charge in [-0.05, 0) is 57.9 Å². The van der Waals surface area contributed by atoms with E-state index in [1.165, 1.54) is 32.1 Å². The molecule has 0 aromatic carbocycles. The minimum atomic E-state index is -0.961. The van der Waals surface area contributed by atoms with Gasteiger partial charge in [0.05, 0.1) is 13.0 Å². The van der Waals surface area contributed by atoms with Crippen molar-refractivity contribution in [1.82, 2.24) is 0 Å². The molecule has 0 rings (SSSR count). The van der Waals surface area contributed by atoms with Gasteiger partial charge in [0, 0.05) is 0 Å². The smallest absolute Gasteiger partial charge is 0.305 e. The lowest BCUT2D eigenvalue weighted by atomic mass is 10.2. The molecule has 27 heavy (non-hydrogen) atoms. The molecule has 4 heteroatoms. The molecule has 0 fully saturated rings. The summed E-state index contributed by atoms with van der Waals surface area (Å²) in [6.07, 6.45) is 29.8. The van der Waals surface area contributed by atoms with Gasteiger partial charge in [-0.3, -0.25) is 4.79 Å². The van der Waals surface area contributed by atoms with Crippen LogP contribution in [0, 0.1) is 0 Å². The average Bonchev–Trinajstić information content (AvgIpc) is 2.65. The van der Waals surface area contributed by atoms with E-state index in [2.05, 4.69) is 55.5 Å². The zero-order valence-electron chi connectivity index (χ0n) is 17.2. The molecule has 0 aliphatic heterocycles. The summed E-state index contributed by atoms with van der Waals surface area (Å²) in [6, 6.07) is 0. The summed E-state index contributed by atoms with van der Waals surface area (Å²) < 4.78 is 0. The molecule has 0 bridgehead atoms. The van der Waals surface area contributed by atoms with Crippen molar-refractivity contribution >= 4 is 5.97 Å². The largest absolute Gasteiger partial charge is 0.481 e. The second-order valence-electron chi connectivity index (χ2n) is 6.24. The molecule has 0 heterocycles. The molecular formula is C23H41NO3. The Bertz CT molecular complexity index is 382. The van der Waals surface area contributed by atoms with Crippen LogP contribution in [0.5, 0.6) is 0 Å². The number of aliphatic carboxylic acids is 1. The van der Waals surface area contributed by atoms with Gasteiger partial charge in [0.25, 0.3) is 0 Å². The molecule has 0 saturated carbocycles. The van der Waals surface area contributed by atoms with E-state index in [0.29, 0.717) is 0 Å². The summed E-state index contributed by atoms with van der Waals surface area (Å²) in [5.41, 5.74) is 5.45. The zero-order chi connectivity index (χ0) is 20.4. The van der Waals surface area contributed by atoms with Crippen LogP contribution in [0.3, 0.4) is 0 Å². The maximum Gasteiger partial charge on any atom is 0.305 e. The third-order valence-corrected chi connectivity index (χ3v) is 3.61. The Morgan fingerprint density at radius 2 is 1.22 bits per heavy atom. The minimum Gasteiger partial charge on any atom is -0.481 e. The number of carbonyl (C=O) groups is 1. The van der Waals surface area contributed by atoms with E-state index in [-0.39, 0.29) is 13.0 Å². The lowest BCUT2D eigenvalue weighted by Gasteiger charge is -1.91. The van der Waals surface area contributed by atoms with Crippen molar-refractivity contribution in [3.63, 3.8) is 0 Å². The van der Waals surface area contributed by atoms with Crippen LogP contribution in [0.2, 0.25) is 0 Å². The van der Waals surface area contributed by atoms with Crippen LogP contribution < -0.4 is 5.73 Å². The summed E-state index contributed by atoms with van der Waals surface area (Å²) in [4.78, 5) is 9.44. The third-order valence-electron chi connectivity index (χ3n) is 3.61. The number of nitrogens with two attached hydrogens (primary N) is 1. The highest BCUT2D eigenvalue weighted by Gasteiger charge is 1.88. The summed E-state index contributed by atoms with van der Waals surface area (Å²) in [6.45, 7) is 2.79. The first kappa shape index (κ1) is 27.6. The standard InChI is InChI=1S/C20H35N.C3H6O3/c1-2-3-4-5-6-7-8-9-10-11-12-13-14-15-16-17-18-19-20-21;4-2-1-3(5)6/h6-7,9-10,12-13,15-16H,2-5,8,11,14,17-21H2,1H3;4H,1-2H2,(H,5,6)/b7-6-,10-9-,13-12-,16-15-;. The Balaban J connectivity index is 0. The lowest BCUT2D eigenvalue weighted by molar-refractivity contribution is -0.137. The number of rotatable bonds is 16. The first-order chi connectivity index (χ1) is 13.2. The first-order valence-electron chi connectivity index (χ1n) is 10.3. The van der Waals surface area contributed by atoms with Gasteiger partial charge in [0.1, 0.15) is 0 Å². The van der Waals surface area contributed by atoms with Gasteiger partial charge in [-0.15, -0.1) is 0 Å². The van der Waals surface area contributed by atoms with Crippen LogP contribution in [-0.2, 0) is 4.79 Å². The lowest BCUT2D eigenvalue weighted by Crippen LogP contribution is -1.96. The zero-order valence-corrected chi connectivity index (χ0v) is 17.2. The van der Waals surface area contributed by atoms with E-state index in [1.54, 1.807) is 0 Å². The van der Waals surface area contributed by atoms with E-state index < -0.39 is 5.97 Å². The van der Waals surface area contributed by atoms with Crippen molar-refractivity contribution < 1.29 is 15.0 Å². The Hall–Kier alpha value is -1.65. The van der Waals surface area contributed by atoms with E-state index in [1.807, 2.05) is 0 Å². The maximum absolute atomic E-state index is 9.44. The van der Waals surface area contributed by atoms with Crippen molar-refractivity contribution in [1.29, 1.82) is 0 Å². The minimum absolute atomic E-state index is 0.153. The number of carboxylic acids is 1. The van der Waals surface area contributed by atoms with E-state index >= 15 is 0 Å². The molecule has 4 N–H and O–H groups in total. The number of unbranched alkanes of at least 4 members (excludes halogenated alkanes) is 5. The first-order valence-corrected chi connectivity index (χ1v) is 10.3. The van der Waals surface area contributed by atoms with Crippen LogP contribution >= 0.6 is 0 Å². The van der Waals surface area contributed by atoms with Gasteiger partial charge in [-0.2, -0.15) is 0 Å². The monoisotopic (exact) mass is 379 g/mol. The van der Waals surface area contributed by atoms with Crippen molar-refractivity contribution in [2.75, 3.05) is 13.2 Å². The number of aliphatic hydroxyl groups excluding tert-OH is 1. The topological polar surface area (TPSA) is 83.6 Å². The second-order valence-corrected chi connectivity index (χ2v) is 6.24. The van der Waals surface area contributed by atoms with Gasteiger partial charge in [-0.25, -0.2) is 0 Å². The number of aliphatic hydroxyl groups is 1. The van der Waals surface area contributed by atoms with Gasteiger partial charge >= 0.3 is 5.97 Å². The molecule has 156 valence electrons. The highest BCUT2D eigenvalue weighted by atomic mass is 16.4. The Morgan fingerprint density at radius 1 is 0.778 bits per heavy atom. The third kappa shape index (κ3) is 32.5. The number of hydrogen-bond donors (Lipinski definition) is 3. The van der Waals surface area contributed by atoms with Crippen molar-refractivity contribution in [2.45, 2.75) is 77.6 Å². The normalized spacial score (nSPS) is 11.7. The number of carboxylic acid groups (broad SMARTS) is 1. The molecule has 0 atom stereocenters. The highest BCUT2D eigenvalue weighted by molar-refractivity contribution is 5.66. The Morgan fingerprint density at radius 3 is 1.56 bits per heavy atom. The number of hydrogen-bond acceptors (Lipinski definition) is 3. The second kappa shape index (κ2) is 26.6. The molecule has 0 aromatic heterocycles. The average molecular weight is 380 g/mol. The fraction of sp³-hybridized carbons (Fsp3) is 0.609. The predicted octanol–water partition coefficient (Wildman–Crippen LogP) is 5.54. The van der Waals surface area contributed by atoms with Gasteiger partial charge in [0.15, 0.2) is 0 Å². The molecule has 0 spiro atoms. The van der Waals surface area contributed by atoms with Crippen molar-refractivity contribution in [2.24, 2.45) is 5.73 Å². The molecule has 0 radical (unpaired) electrons. The quantitative estimate of drug-likeness (QED) is 0.243.